The molecular weight excluding hydrogens is 224 g/mol. The normalized spacial score (nSPS) is 16.9. The van der Waals surface area contributed by atoms with Gasteiger partial charge in [0.15, 0.2) is 0 Å². The van der Waals surface area contributed by atoms with Gasteiger partial charge in [-0.2, -0.15) is 0 Å². The van der Waals surface area contributed by atoms with Crippen molar-refractivity contribution in [2.45, 2.75) is 25.3 Å². The van der Waals surface area contributed by atoms with E-state index >= 15 is 0 Å². The Morgan fingerprint density at radius 1 is 1.33 bits per heavy atom. The van der Waals surface area contributed by atoms with Crippen LogP contribution in [0.3, 0.4) is 0 Å². The van der Waals surface area contributed by atoms with Crippen molar-refractivity contribution in [2.24, 2.45) is 11.7 Å². The number of hydrogen-bond acceptors (Lipinski definition) is 3. The minimum Gasteiger partial charge on any atom is -0.497 e. The van der Waals surface area contributed by atoms with E-state index in [0.29, 0.717) is 6.04 Å². The molecule has 0 amide bonds. The average molecular weight is 248 g/mol. The highest BCUT2D eigenvalue weighted by atomic mass is 16.5. The number of hydrogen-bond donors (Lipinski definition) is 1. The van der Waals surface area contributed by atoms with Crippen molar-refractivity contribution in [1.82, 2.24) is 4.90 Å². The molecule has 2 rings (SSSR count). The average Bonchev–Trinajstić information content (AvgIpc) is 3.22. The second-order valence-corrected chi connectivity index (χ2v) is 5.22. The molecule has 3 nitrogen and oxygen atoms in total. The van der Waals surface area contributed by atoms with Crippen LogP contribution in [0.25, 0.3) is 0 Å². The Bertz CT molecular complexity index is 359. The molecule has 1 unspecified atom stereocenters. The summed E-state index contributed by atoms with van der Waals surface area (Å²) in [6, 6.07) is 8.90. The fraction of sp³-hybridized carbons (Fsp3) is 0.600. The minimum atomic E-state index is 0.572. The zero-order valence-electron chi connectivity index (χ0n) is 11.4. The van der Waals surface area contributed by atoms with Gasteiger partial charge in [0.05, 0.1) is 7.11 Å². The van der Waals surface area contributed by atoms with Gasteiger partial charge in [0, 0.05) is 19.1 Å². The Kier molecular flexibility index (Phi) is 4.61. The minimum absolute atomic E-state index is 0.572. The summed E-state index contributed by atoms with van der Waals surface area (Å²) in [6.07, 6.45) is 3.78. The molecule has 0 aliphatic heterocycles. The van der Waals surface area contributed by atoms with E-state index in [0.717, 1.165) is 31.2 Å². The van der Waals surface area contributed by atoms with Gasteiger partial charge in [-0.3, -0.25) is 0 Å². The molecule has 18 heavy (non-hydrogen) atoms. The lowest BCUT2D eigenvalue weighted by atomic mass is 10.1. The van der Waals surface area contributed by atoms with Crippen LogP contribution in [0.1, 0.15) is 18.4 Å². The second kappa shape index (κ2) is 6.21. The van der Waals surface area contributed by atoms with Gasteiger partial charge < -0.3 is 15.4 Å². The van der Waals surface area contributed by atoms with Crippen molar-refractivity contribution in [3.8, 4) is 5.75 Å². The maximum atomic E-state index is 5.86. The van der Waals surface area contributed by atoms with Crippen LogP contribution < -0.4 is 10.5 Å². The lowest BCUT2D eigenvalue weighted by Gasteiger charge is -2.26. The van der Waals surface area contributed by atoms with Crippen LogP contribution in [0.15, 0.2) is 24.3 Å². The third-order valence-electron chi connectivity index (χ3n) is 3.89. The van der Waals surface area contributed by atoms with Crippen molar-refractivity contribution in [3.05, 3.63) is 29.8 Å². The zero-order valence-corrected chi connectivity index (χ0v) is 11.4. The van der Waals surface area contributed by atoms with E-state index in [1.54, 1.807) is 7.11 Å². The van der Waals surface area contributed by atoms with Gasteiger partial charge in [0.25, 0.3) is 0 Å². The van der Waals surface area contributed by atoms with Gasteiger partial charge >= 0.3 is 0 Å². The molecule has 2 N–H and O–H groups in total. The summed E-state index contributed by atoms with van der Waals surface area (Å²) in [5, 5.41) is 0. The zero-order chi connectivity index (χ0) is 13.0. The summed E-state index contributed by atoms with van der Waals surface area (Å²) in [7, 11) is 3.89. The first kappa shape index (κ1) is 13.4. The van der Waals surface area contributed by atoms with Gasteiger partial charge in [-0.25, -0.2) is 0 Å². The number of nitrogens with two attached hydrogens (primary N) is 1. The number of ether oxygens (including phenoxy) is 1. The predicted octanol–water partition coefficient (Wildman–Crippen LogP) is 1.91. The Morgan fingerprint density at radius 2 is 2.00 bits per heavy atom. The summed E-state index contributed by atoms with van der Waals surface area (Å²) in [6.45, 7) is 1.86. The van der Waals surface area contributed by atoms with Gasteiger partial charge in [-0.15, -0.1) is 0 Å². The molecule has 1 aliphatic carbocycles. The first-order chi connectivity index (χ1) is 8.74. The van der Waals surface area contributed by atoms with Crippen LogP contribution >= 0.6 is 0 Å². The van der Waals surface area contributed by atoms with Crippen molar-refractivity contribution >= 4 is 0 Å². The maximum absolute atomic E-state index is 5.86. The monoisotopic (exact) mass is 248 g/mol. The molecule has 100 valence electrons. The van der Waals surface area contributed by atoms with Crippen LogP contribution in [0.2, 0.25) is 0 Å². The number of nitrogens with zero attached hydrogens (tertiary/aromatic N) is 1. The van der Waals surface area contributed by atoms with Crippen LogP contribution in [0.4, 0.5) is 0 Å². The summed E-state index contributed by atoms with van der Waals surface area (Å²) in [5.41, 5.74) is 7.22. The van der Waals surface area contributed by atoms with Crippen LogP contribution in [-0.2, 0) is 6.42 Å². The van der Waals surface area contributed by atoms with Gasteiger partial charge in [-0.05, 0) is 49.9 Å². The number of likely N-dealkylation sites (N-methyl/N-ethyl adjacent to an activating group) is 1. The standard InChI is InChI=1S/C15H24N2O/c1-17(15(11-16)13-5-6-13)10-9-12-3-7-14(18-2)8-4-12/h3-4,7-8,13,15H,5-6,9-11,16H2,1-2H3. The third kappa shape index (κ3) is 3.47. The molecule has 0 aromatic heterocycles. The molecule has 0 bridgehead atoms. The SMILES string of the molecule is COc1ccc(CCN(C)C(CN)C2CC2)cc1. The molecule has 1 atom stereocenters. The smallest absolute Gasteiger partial charge is 0.118 e. The predicted molar refractivity (Wildman–Crippen MR) is 74.9 cm³/mol. The van der Waals surface area contributed by atoms with E-state index in [1.165, 1.54) is 18.4 Å². The first-order valence-corrected chi connectivity index (χ1v) is 6.78. The van der Waals surface area contributed by atoms with Crippen LogP contribution in [0.5, 0.6) is 5.75 Å². The fourth-order valence-corrected chi connectivity index (χ4v) is 2.48. The van der Waals surface area contributed by atoms with E-state index in [-0.39, 0.29) is 0 Å². The van der Waals surface area contributed by atoms with Crippen molar-refractivity contribution in [1.29, 1.82) is 0 Å². The molecule has 1 saturated carbocycles. The first-order valence-electron chi connectivity index (χ1n) is 6.78. The molecule has 1 fully saturated rings. The van der Waals surface area contributed by atoms with Crippen LogP contribution in [0, 0.1) is 5.92 Å². The molecule has 3 heteroatoms. The topological polar surface area (TPSA) is 38.5 Å². The van der Waals surface area contributed by atoms with Gasteiger partial charge in [0.1, 0.15) is 5.75 Å². The van der Waals surface area contributed by atoms with Crippen molar-refractivity contribution < 1.29 is 4.74 Å². The molecule has 0 radical (unpaired) electrons. The highest BCUT2D eigenvalue weighted by molar-refractivity contribution is 5.27. The van der Waals surface area contributed by atoms with Gasteiger partial charge in [-0.1, -0.05) is 12.1 Å². The quantitative estimate of drug-likeness (QED) is 0.801. The maximum Gasteiger partial charge on any atom is 0.118 e. The molecule has 1 aromatic carbocycles. The molecule has 0 spiro atoms. The molecule has 1 aromatic rings. The molecular formula is C15H24N2O. The largest absolute Gasteiger partial charge is 0.497 e. The van der Waals surface area contributed by atoms with E-state index in [4.69, 9.17) is 10.5 Å². The fourth-order valence-electron chi connectivity index (χ4n) is 2.48. The number of methoxy groups -OCH3 is 1. The lowest BCUT2D eigenvalue weighted by Crippen LogP contribution is -2.40. The Labute approximate surface area is 110 Å². The van der Waals surface area contributed by atoms with E-state index < -0.39 is 0 Å². The van der Waals surface area contributed by atoms with E-state index in [1.807, 2.05) is 12.1 Å². The van der Waals surface area contributed by atoms with Crippen LogP contribution in [-0.4, -0.2) is 38.2 Å². The second-order valence-electron chi connectivity index (χ2n) is 5.22. The van der Waals surface area contributed by atoms with Crippen molar-refractivity contribution in [3.63, 3.8) is 0 Å². The third-order valence-corrected chi connectivity index (χ3v) is 3.89. The molecule has 0 saturated heterocycles. The Balaban J connectivity index is 1.82. The van der Waals surface area contributed by atoms with E-state index in [2.05, 4.69) is 24.1 Å². The van der Waals surface area contributed by atoms with Gasteiger partial charge in [0.2, 0.25) is 0 Å². The highest BCUT2D eigenvalue weighted by Crippen LogP contribution is 2.34. The van der Waals surface area contributed by atoms with E-state index in [9.17, 15) is 0 Å². The molecule has 1 aliphatic rings. The Morgan fingerprint density at radius 3 is 2.50 bits per heavy atom. The number of rotatable bonds is 7. The summed E-state index contributed by atoms with van der Waals surface area (Å²) < 4.78 is 5.16. The summed E-state index contributed by atoms with van der Waals surface area (Å²) in [4.78, 5) is 2.42. The number of benzene rings is 1. The summed E-state index contributed by atoms with van der Waals surface area (Å²) in [5.74, 6) is 1.76. The van der Waals surface area contributed by atoms with Crippen molar-refractivity contribution in [2.75, 3.05) is 27.2 Å². The summed E-state index contributed by atoms with van der Waals surface area (Å²) >= 11 is 0. The molecule has 0 heterocycles. The Hall–Kier alpha value is -1.06. The highest BCUT2D eigenvalue weighted by Gasteiger charge is 2.32. The lowest BCUT2D eigenvalue weighted by molar-refractivity contribution is 0.226.